The molecule has 1 aliphatic heterocycles. The number of hydroxylamine groups is 2. The van der Waals surface area contributed by atoms with Crippen molar-refractivity contribution < 1.29 is 19.9 Å². The summed E-state index contributed by atoms with van der Waals surface area (Å²) in [5.74, 6) is -1.77. The summed E-state index contributed by atoms with van der Waals surface area (Å²) in [5.41, 5.74) is -1.49. The lowest BCUT2D eigenvalue weighted by Crippen LogP contribution is -2.64. The standard InChI is InChI=1S/C11H19NO4/c1-10(2)6-8(13)7(5-9(14)15)11(3,4)12(10)16/h7,16H,5-6H2,1-4H3,(H,14,15). The highest BCUT2D eigenvalue weighted by atomic mass is 16.5. The van der Waals surface area contributed by atoms with E-state index in [1.807, 2.05) is 0 Å². The highest BCUT2D eigenvalue weighted by Gasteiger charge is 2.51. The van der Waals surface area contributed by atoms with Crippen LogP contribution in [0, 0.1) is 5.92 Å². The van der Waals surface area contributed by atoms with Crippen molar-refractivity contribution in [3.8, 4) is 0 Å². The molecule has 0 aromatic heterocycles. The van der Waals surface area contributed by atoms with Gasteiger partial charge in [0.15, 0.2) is 0 Å². The summed E-state index contributed by atoms with van der Waals surface area (Å²) in [6, 6.07) is 0. The van der Waals surface area contributed by atoms with Gasteiger partial charge in [-0.05, 0) is 27.7 Å². The van der Waals surface area contributed by atoms with E-state index in [2.05, 4.69) is 0 Å². The van der Waals surface area contributed by atoms with Crippen molar-refractivity contribution in [2.45, 2.75) is 51.6 Å². The lowest BCUT2D eigenvalue weighted by Gasteiger charge is -2.51. The molecule has 1 atom stereocenters. The molecule has 0 saturated carbocycles. The van der Waals surface area contributed by atoms with E-state index in [9.17, 15) is 14.8 Å². The van der Waals surface area contributed by atoms with Crippen LogP contribution < -0.4 is 0 Å². The predicted molar refractivity (Wildman–Crippen MR) is 57.2 cm³/mol. The van der Waals surface area contributed by atoms with Crippen LogP contribution in [0.15, 0.2) is 0 Å². The molecule has 1 heterocycles. The van der Waals surface area contributed by atoms with Crippen LogP contribution in [0.3, 0.4) is 0 Å². The number of carbonyl (C=O) groups excluding carboxylic acids is 1. The molecular formula is C11H19NO4. The van der Waals surface area contributed by atoms with E-state index in [-0.39, 0.29) is 18.6 Å². The van der Waals surface area contributed by atoms with Gasteiger partial charge in [-0.3, -0.25) is 9.59 Å². The molecule has 2 N–H and O–H groups in total. The number of nitrogens with zero attached hydrogens (tertiary/aromatic N) is 1. The topological polar surface area (TPSA) is 77.8 Å². The zero-order chi connectivity index (χ0) is 12.7. The first-order valence-corrected chi connectivity index (χ1v) is 5.33. The molecule has 1 aliphatic rings. The van der Waals surface area contributed by atoms with Crippen LogP contribution in [0.1, 0.15) is 40.5 Å². The van der Waals surface area contributed by atoms with Crippen molar-refractivity contribution in [1.29, 1.82) is 0 Å². The number of carboxylic acids is 1. The molecule has 16 heavy (non-hydrogen) atoms. The van der Waals surface area contributed by atoms with Gasteiger partial charge in [0, 0.05) is 17.9 Å². The fourth-order valence-corrected chi connectivity index (χ4v) is 2.48. The zero-order valence-corrected chi connectivity index (χ0v) is 10.1. The molecule has 0 amide bonds. The number of ketones is 1. The molecule has 1 rings (SSSR count). The number of carboxylic acid groups (broad SMARTS) is 1. The molecule has 0 bridgehead atoms. The fourth-order valence-electron chi connectivity index (χ4n) is 2.48. The van der Waals surface area contributed by atoms with E-state index >= 15 is 0 Å². The van der Waals surface area contributed by atoms with Gasteiger partial charge in [-0.1, -0.05) is 0 Å². The minimum absolute atomic E-state index is 0.0947. The van der Waals surface area contributed by atoms with Crippen molar-refractivity contribution in [2.24, 2.45) is 5.92 Å². The van der Waals surface area contributed by atoms with Crippen LogP contribution >= 0.6 is 0 Å². The first kappa shape index (κ1) is 13.1. The Bertz CT molecular complexity index is 322. The van der Waals surface area contributed by atoms with E-state index in [1.165, 1.54) is 0 Å². The third kappa shape index (κ3) is 2.10. The predicted octanol–water partition coefficient (Wildman–Crippen LogP) is 1.30. The molecule has 0 aromatic rings. The Hall–Kier alpha value is -0.940. The third-order valence-corrected chi connectivity index (χ3v) is 3.35. The molecule has 0 spiro atoms. The second-order valence-electron chi connectivity index (χ2n) is 5.57. The molecule has 1 fully saturated rings. The Labute approximate surface area is 95.0 Å². The molecule has 1 saturated heterocycles. The molecule has 5 nitrogen and oxygen atoms in total. The van der Waals surface area contributed by atoms with Crippen LogP contribution in [-0.2, 0) is 9.59 Å². The minimum atomic E-state index is -1.01. The van der Waals surface area contributed by atoms with E-state index < -0.39 is 23.0 Å². The van der Waals surface area contributed by atoms with Crippen LogP contribution in [0.25, 0.3) is 0 Å². The molecule has 0 aliphatic carbocycles. The SMILES string of the molecule is CC1(C)CC(=O)C(CC(=O)O)C(C)(C)N1O. The van der Waals surface area contributed by atoms with Crippen molar-refractivity contribution in [3.05, 3.63) is 0 Å². The van der Waals surface area contributed by atoms with Crippen molar-refractivity contribution in [1.82, 2.24) is 5.06 Å². The number of rotatable bonds is 2. The maximum Gasteiger partial charge on any atom is 0.304 e. The number of carbonyl (C=O) groups is 2. The second-order valence-corrected chi connectivity index (χ2v) is 5.57. The molecular weight excluding hydrogens is 210 g/mol. The molecule has 92 valence electrons. The Morgan fingerprint density at radius 2 is 1.94 bits per heavy atom. The monoisotopic (exact) mass is 229 g/mol. The van der Waals surface area contributed by atoms with Crippen LogP contribution in [0.2, 0.25) is 0 Å². The van der Waals surface area contributed by atoms with Crippen molar-refractivity contribution >= 4 is 11.8 Å². The van der Waals surface area contributed by atoms with Gasteiger partial charge in [-0.25, -0.2) is 0 Å². The highest BCUT2D eigenvalue weighted by molar-refractivity contribution is 5.87. The smallest absolute Gasteiger partial charge is 0.304 e. The first-order valence-electron chi connectivity index (χ1n) is 5.33. The Morgan fingerprint density at radius 3 is 2.38 bits per heavy atom. The summed E-state index contributed by atoms with van der Waals surface area (Å²) in [6.45, 7) is 6.92. The number of piperidine rings is 1. The molecule has 0 aromatic carbocycles. The van der Waals surface area contributed by atoms with E-state index in [0.717, 1.165) is 5.06 Å². The molecule has 0 radical (unpaired) electrons. The first-order chi connectivity index (χ1) is 7.09. The number of Topliss-reactive ketones (excluding diaryl/α,β-unsaturated/α-hetero) is 1. The largest absolute Gasteiger partial charge is 0.481 e. The zero-order valence-electron chi connectivity index (χ0n) is 10.1. The fraction of sp³-hybridized carbons (Fsp3) is 0.818. The summed E-state index contributed by atoms with van der Waals surface area (Å²) >= 11 is 0. The lowest BCUT2D eigenvalue weighted by atomic mass is 9.72. The quantitative estimate of drug-likeness (QED) is 0.746. The van der Waals surface area contributed by atoms with Crippen molar-refractivity contribution in [2.75, 3.05) is 0 Å². The average Bonchev–Trinajstić information content (AvgIpc) is 2.09. The second kappa shape index (κ2) is 3.82. The normalized spacial score (nSPS) is 29.1. The van der Waals surface area contributed by atoms with E-state index in [1.54, 1.807) is 27.7 Å². The highest BCUT2D eigenvalue weighted by Crippen LogP contribution is 2.39. The van der Waals surface area contributed by atoms with Gasteiger partial charge in [0.2, 0.25) is 0 Å². The Morgan fingerprint density at radius 1 is 1.44 bits per heavy atom. The maximum atomic E-state index is 11.9. The molecule has 1 unspecified atom stereocenters. The lowest BCUT2D eigenvalue weighted by molar-refractivity contribution is -0.251. The summed E-state index contributed by atoms with van der Waals surface area (Å²) in [6.07, 6.45) is -0.0656. The summed E-state index contributed by atoms with van der Waals surface area (Å²) in [4.78, 5) is 22.6. The summed E-state index contributed by atoms with van der Waals surface area (Å²) in [5, 5.41) is 20.0. The van der Waals surface area contributed by atoms with Gasteiger partial charge < -0.3 is 10.3 Å². The van der Waals surface area contributed by atoms with Gasteiger partial charge in [0.25, 0.3) is 0 Å². The van der Waals surface area contributed by atoms with Gasteiger partial charge in [0.1, 0.15) is 5.78 Å². The summed E-state index contributed by atoms with van der Waals surface area (Å²) in [7, 11) is 0. The van der Waals surface area contributed by atoms with Crippen molar-refractivity contribution in [3.63, 3.8) is 0 Å². The Balaban J connectivity index is 3.03. The summed E-state index contributed by atoms with van der Waals surface area (Å²) < 4.78 is 0. The van der Waals surface area contributed by atoms with Crippen LogP contribution in [0.5, 0.6) is 0 Å². The van der Waals surface area contributed by atoms with Crippen LogP contribution in [-0.4, -0.2) is 38.2 Å². The van der Waals surface area contributed by atoms with E-state index in [0.29, 0.717) is 0 Å². The van der Waals surface area contributed by atoms with E-state index in [4.69, 9.17) is 5.11 Å². The molecule has 5 heteroatoms. The Kier molecular flexibility index (Phi) is 3.13. The van der Waals surface area contributed by atoms with Gasteiger partial charge in [0.05, 0.1) is 12.0 Å². The number of aliphatic carboxylic acids is 1. The van der Waals surface area contributed by atoms with Gasteiger partial charge >= 0.3 is 5.97 Å². The van der Waals surface area contributed by atoms with Gasteiger partial charge in [-0.2, -0.15) is 5.06 Å². The van der Waals surface area contributed by atoms with Crippen LogP contribution in [0.4, 0.5) is 0 Å². The number of hydrogen-bond acceptors (Lipinski definition) is 4. The maximum absolute atomic E-state index is 11.9. The third-order valence-electron chi connectivity index (χ3n) is 3.35. The minimum Gasteiger partial charge on any atom is -0.481 e. The average molecular weight is 229 g/mol. The van der Waals surface area contributed by atoms with Gasteiger partial charge in [-0.15, -0.1) is 0 Å². The number of hydrogen-bond donors (Lipinski definition) is 2.